The maximum Gasteiger partial charge on any atom is 0.338 e. The summed E-state index contributed by atoms with van der Waals surface area (Å²) in [5.74, 6) is -0.333. The van der Waals surface area contributed by atoms with E-state index in [1.165, 1.54) is 30.0 Å². The first-order chi connectivity index (χ1) is 16.4. The maximum absolute atomic E-state index is 12.7. The largest absolute Gasteiger partial charge is 0.465 e. The van der Waals surface area contributed by atoms with E-state index < -0.39 is 11.9 Å². The summed E-state index contributed by atoms with van der Waals surface area (Å²) in [6.45, 7) is 2.00. The number of carbonyl (C=O) groups excluding carboxylic acids is 2. The summed E-state index contributed by atoms with van der Waals surface area (Å²) >= 11 is 1.25. The summed E-state index contributed by atoms with van der Waals surface area (Å²) in [5.41, 5.74) is 3.00. The second-order valence-electron chi connectivity index (χ2n) is 7.53. The number of furan rings is 1. The number of hydrogen-bond acceptors (Lipinski definition) is 7. The molecule has 3 aromatic rings. The molecule has 0 unspecified atom stereocenters. The number of hydrazone groups is 1. The Hall–Kier alpha value is -4.24. The summed E-state index contributed by atoms with van der Waals surface area (Å²) in [7, 11) is 1.32. The van der Waals surface area contributed by atoms with Crippen LogP contribution in [0.4, 0.5) is 0 Å². The summed E-state index contributed by atoms with van der Waals surface area (Å²) in [5, 5.41) is 15.4. The predicted molar refractivity (Wildman–Crippen MR) is 131 cm³/mol. The van der Waals surface area contributed by atoms with Gasteiger partial charge in [-0.15, -0.1) is 0 Å². The molecule has 2 aromatic carbocycles. The Labute approximate surface area is 199 Å². The lowest BCUT2D eigenvalue weighted by molar-refractivity contribution is -0.114. The molecule has 2 aliphatic rings. The van der Waals surface area contributed by atoms with Crippen molar-refractivity contribution in [1.82, 2.24) is 5.01 Å². The van der Waals surface area contributed by atoms with Gasteiger partial charge in [-0.2, -0.15) is 15.1 Å². The van der Waals surface area contributed by atoms with Gasteiger partial charge in [0.1, 0.15) is 16.6 Å². The highest BCUT2D eigenvalue weighted by Crippen LogP contribution is 2.32. The van der Waals surface area contributed by atoms with Gasteiger partial charge < -0.3 is 9.15 Å². The van der Waals surface area contributed by atoms with Gasteiger partial charge in [-0.1, -0.05) is 48.0 Å². The summed E-state index contributed by atoms with van der Waals surface area (Å²) < 4.78 is 10.7. The minimum atomic E-state index is -0.544. The Bertz CT molecular complexity index is 1430. The predicted octanol–water partition coefficient (Wildman–Crippen LogP) is 4.71. The van der Waals surface area contributed by atoms with Crippen molar-refractivity contribution < 1.29 is 18.7 Å². The molecule has 1 amide bonds. The Kier molecular flexibility index (Phi) is 5.46. The number of fused-ring (bicyclic) bond motifs is 1. The van der Waals surface area contributed by atoms with Gasteiger partial charge in [0.05, 0.1) is 18.2 Å². The number of thioether (sulfide) groups is 1. The third-order valence-electron chi connectivity index (χ3n) is 5.26. The fourth-order valence-corrected chi connectivity index (χ4v) is 4.40. The SMILES string of the molecule is COC(=O)c1ccccc1-c1ccc(/C=C2\C(=N)N3N=C(c4ccc(C)cc4)SC3=NC2=O)o1. The molecule has 0 saturated carbocycles. The van der Waals surface area contributed by atoms with E-state index in [2.05, 4.69) is 10.1 Å². The molecule has 2 aliphatic heterocycles. The van der Waals surface area contributed by atoms with Crippen molar-refractivity contribution in [3.8, 4) is 11.3 Å². The van der Waals surface area contributed by atoms with Crippen molar-refractivity contribution in [2.75, 3.05) is 7.11 Å². The number of esters is 1. The van der Waals surface area contributed by atoms with Crippen LogP contribution >= 0.6 is 11.8 Å². The van der Waals surface area contributed by atoms with Crippen LogP contribution in [0.1, 0.15) is 27.2 Å². The highest BCUT2D eigenvalue weighted by atomic mass is 32.2. The molecule has 34 heavy (non-hydrogen) atoms. The number of hydrogen-bond donors (Lipinski definition) is 1. The smallest absolute Gasteiger partial charge is 0.338 e. The zero-order valence-corrected chi connectivity index (χ0v) is 19.1. The first-order valence-corrected chi connectivity index (χ1v) is 11.1. The summed E-state index contributed by atoms with van der Waals surface area (Å²) in [4.78, 5) is 28.9. The number of methoxy groups -OCH3 is 1. The van der Waals surface area contributed by atoms with E-state index in [0.717, 1.165) is 11.1 Å². The normalized spacial score (nSPS) is 16.4. The molecule has 0 aliphatic carbocycles. The van der Waals surface area contributed by atoms with Gasteiger partial charge in [-0.3, -0.25) is 10.2 Å². The fourth-order valence-electron chi connectivity index (χ4n) is 3.51. The number of aryl methyl sites for hydroxylation is 1. The molecule has 0 fully saturated rings. The quantitative estimate of drug-likeness (QED) is 0.437. The Balaban J connectivity index is 1.45. The molecule has 5 rings (SSSR count). The van der Waals surface area contributed by atoms with Crippen LogP contribution in [0.3, 0.4) is 0 Å². The minimum Gasteiger partial charge on any atom is -0.465 e. The molecular formula is C25H18N4O4S. The number of ether oxygens (including phenoxy) is 1. The van der Waals surface area contributed by atoms with Gasteiger partial charge in [0, 0.05) is 11.1 Å². The van der Waals surface area contributed by atoms with E-state index in [9.17, 15) is 9.59 Å². The van der Waals surface area contributed by atoms with Gasteiger partial charge in [-0.05, 0) is 43.0 Å². The third-order valence-corrected chi connectivity index (χ3v) is 6.22. The highest BCUT2D eigenvalue weighted by molar-refractivity contribution is 8.27. The third kappa shape index (κ3) is 3.86. The second kappa shape index (κ2) is 8.60. The van der Waals surface area contributed by atoms with Gasteiger partial charge in [0.2, 0.25) is 5.17 Å². The van der Waals surface area contributed by atoms with Crippen LogP contribution in [0.15, 0.2) is 80.7 Å². The number of amidine groups is 2. The molecule has 0 atom stereocenters. The monoisotopic (exact) mass is 470 g/mol. The van der Waals surface area contributed by atoms with Crippen molar-refractivity contribution in [1.29, 1.82) is 5.41 Å². The topological polar surface area (TPSA) is 108 Å². The fraction of sp³-hybridized carbons (Fsp3) is 0.0800. The van der Waals surface area contributed by atoms with E-state index in [1.54, 1.807) is 36.4 Å². The number of benzene rings is 2. The van der Waals surface area contributed by atoms with Crippen molar-refractivity contribution >= 4 is 45.8 Å². The number of amides is 1. The van der Waals surface area contributed by atoms with Crippen molar-refractivity contribution in [3.05, 3.63) is 88.7 Å². The van der Waals surface area contributed by atoms with E-state index in [0.29, 0.717) is 32.9 Å². The molecule has 168 valence electrons. The van der Waals surface area contributed by atoms with Crippen LogP contribution in [0.25, 0.3) is 17.4 Å². The summed E-state index contributed by atoms with van der Waals surface area (Å²) in [6, 6.07) is 18.1. The highest BCUT2D eigenvalue weighted by Gasteiger charge is 2.36. The molecule has 1 aromatic heterocycles. The lowest BCUT2D eigenvalue weighted by Gasteiger charge is -2.19. The molecule has 8 nitrogen and oxygen atoms in total. The maximum atomic E-state index is 12.7. The number of aliphatic imine (C=N–C) groups is 1. The molecule has 3 heterocycles. The molecule has 0 saturated heterocycles. The first-order valence-electron chi connectivity index (χ1n) is 10.3. The van der Waals surface area contributed by atoms with Gasteiger partial charge in [-0.25, -0.2) is 4.79 Å². The minimum absolute atomic E-state index is 0.0559. The first kappa shape index (κ1) is 21.6. The Morgan fingerprint density at radius 2 is 1.88 bits per heavy atom. The zero-order valence-electron chi connectivity index (χ0n) is 18.2. The number of nitrogens with zero attached hydrogens (tertiary/aromatic N) is 3. The van der Waals surface area contributed by atoms with Crippen molar-refractivity contribution in [2.45, 2.75) is 6.92 Å². The van der Waals surface area contributed by atoms with Gasteiger partial charge in [0.25, 0.3) is 5.91 Å². The van der Waals surface area contributed by atoms with E-state index in [1.807, 2.05) is 31.2 Å². The van der Waals surface area contributed by atoms with Gasteiger partial charge in [0.15, 0.2) is 5.84 Å². The van der Waals surface area contributed by atoms with Crippen molar-refractivity contribution in [2.24, 2.45) is 10.1 Å². The lowest BCUT2D eigenvalue weighted by Crippen LogP contribution is -2.35. The van der Waals surface area contributed by atoms with Crippen LogP contribution < -0.4 is 0 Å². The van der Waals surface area contributed by atoms with Crippen LogP contribution in [0.2, 0.25) is 0 Å². The van der Waals surface area contributed by atoms with Gasteiger partial charge >= 0.3 is 5.97 Å². The number of carbonyl (C=O) groups is 2. The second-order valence-corrected chi connectivity index (χ2v) is 8.49. The Morgan fingerprint density at radius 1 is 1.12 bits per heavy atom. The van der Waals surface area contributed by atoms with Crippen LogP contribution in [-0.2, 0) is 9.53 Å². The van der Waals surface area contributed by atoms with E-state index in [-0.39, 0.29) is 11.4 Å². The molecule has 9 heteroatoms. The molecule has 1 N–H and O–H groups in total. The average Bonchev–Trinajstić information content (AvgIpc) is 3.49. The van der Waals surface area contributed by atoms with Crippen LogP contribution in [0.5, 0.6) is 0 Å². The standard InChI is InChI=1S/C25H18N4O4S/c1-14-7-9-15(10-8-14)23-28-29-21(26)19(22(30)27-25(29)34-23)13-16-11-12-20(33-16)17-5-3-4-6-18(17)24(31)32-2/h3-13,26H,1-2H3/b19-13+,26-21?. The number of rotatable bonds is 4. The molecular weight excluding hydrogens is 452 g/mol. The molecule has 0 spiro atoms. The average molecular weight is 471 g/mol. The van der Waals surface area contributed by atoms with E-state index in [4.69, 9.17) is 14.6 Å². The zero-order chi connectivity index (χ0) is 23.8. The molecule has 0 bridgehead atoms. The van der Waals surface area contributed by atoms with E-state index >= 15 is 0 Å². The van der Waals surface area contributed by atoms with Crippen LogP contribution in [-0.4, -0.2) is 40.0 Å². The van der Waals surface area contributed by atoms with Crippen molar-refractivity contribution in [3.63, 3.8) is 0 Å². The lowest BCUT2D eigenvalue weighted by atomic mass is 10.1. The van der Waals surface area contributed by atoms with Crippen LogP contribution in [0, 0.1) is 12.3 Å². The Morgan fingerprint density at radius 3 is 2.65 bits per heavy atom. The summed E-state index contributed by atoms with van der Waals surface area (Å²) in [6.07, 6.45) is 1.46. The number of nitrogens with one attached hydrogen (secondary N) is 1. The molecule has 0 radical (unpaired) electrons.